The molecular weight excluding hydrogens is 374 g/mol. The van der Waals surface area contributed by atoms with Crippen molar-refractivity contribution in [1.29, 1.82) is 5.26 Å². The molecule has 1 aromatic carbocycles. The third-order valence-electron chi connectivity index (χ3n) is 3.77. The molecule has 0 saturated carbocycles. The SMILES string of the molecule is CCCCSCSc1nc(-c2cncnc2)nc(-c2ccccc2)c1C#N. The van der Waals surface area contributed by atoms with Gasteiger partial charge in [0.25, 0.3) is 0 Å². The summed E-state index contributed by atoms with van der Waals surface area (Å²) in [7, 11) is 0. The fourth-order valence-electron chi connectivity index (χ4n) is 2.40. The number of hydrogen-bond donors (Lipinski definition) is 0. The van der Waals surface area contributed by atoms with E-state index < -0.39 is 0 Å². The van der Waals surface area contributed by atoms with Gasteiger partial charge in [0, 0.05) is 23.0 Å². The normalized spacial score (nSPS) is 10.5. The molecule has 0 aliphatic carbocycles. The molecule has 136 valence electrons. The summed E-state index contributed by atoms with van der Waals surface area (Å²) >= 11 is 3.45. The monoisotopic (exact) mass is 393 g/mol. The van der Waals surface area contributed by atoms with Crippen molar-refractivity contribution < 1.29 is 0 Å². The molecule has 3 rings (SSSR count). The molecule has 0 fully saturated rings. The topological polar surface area (TPSA) is 75.3 Å². The maximum absolute atomic E-state index is 9.79. The molecule has 0 atom stereocenters. The highest BCUT2D eigenvalue weighted by atomic mass is 32.2. The third kappa shape index (κ3) is 5.06. The minimum Gasteiger partial charge on any atom is -0.244 e. The zero-order chi connectivity index (χ0) is 18.9. The van der Waals surface area contributed by atoms with Gasteiger partial charge in [0.05, 0.1) is 11.3 Å². The van der Waals surface area contributed by atoms with Crippen LogP contribution in [0.1, 0.15) is 25.3 Å². The van der Waals surface area contributed by atoms with E-state index in [1.807, 2.05) is 42.1 Å². The van der Waals surface area contributed by atoms with E-state index in [1.54, 1.807) is 24.2 Å². The summed E-state index contributed by atoms with van der Waals surface area (Å²) in [5.41, 5.74) is 2.80. The summed E-state index contributed by atoms with van der Waals surface area (Å²) in [4.78, 5) is 17.5. The number of unbranched alkanes of at least 4 members (excludes halogenated alkanes) is 1. The maximum atomic E-state index is 9.79. The Morgan fingerprint density at radius 1 is 1.04 bits per heavy atom. The van der Waals surface area contributed by atoms with Gasteiger partial charge in [0.15, 0.2) is 5.82 Å². The van der Waals surface area contributed by atoms with E-state index in [0.29, 0.717) is 22.1 Å². The number of thioether (sulfide) groups is 2. The average Bonchev–Trinajstić information content (AvgIpc) is 2.74. The Balaban J connectivity index is 2.01. The van der Waals surface area contributed by atoms with E-state index in [2.05, 4.69) is 32.9 Å². The Kier molecular flexibility index (Phi) is 7.19. The lowest BCUT2D eigenvalue weighted by atomic mass is 10.1. The van der Waals surface area contributed by atoms with Crippen molar-refractivity contribution in [2.45, 2.75) is 24.8 Å². The second-order valence-electron chi connectivity index (χ2n) is 5.70. The quantitative estimate of drug-likeness (QED) is 0.229. The first-order chi connectivity index (χ1) is 13.3. The molecule has 0 aliphatic rings. The Morgan fingerprint density at radius 2 is 1.81 bits per heavy atom. The van der Waals surface area contributed by atoms with Crippen LogP contribution >= 0.6 is 23.5 Å². The Labute approximate surface area is 167 Å². The van der Waals surface area contributed by atoms with Crippen LogP contribution in [-0.2, 0) is 0 Å². The van der Waals surface area contributed by atoms with Gasteiger partial charge < -0.3 is 0 Å². The van der Waals surface area contributed by atoms with E-state index in [0.717, 1.165) is 22.0 Å². The van der Waals surface area contributed by atoms with Crippen LogP contribution in [-0.4, -0.2) is 30.8 Å². The number of rotatable bonds is 8. The van der Waals surface area contributed by atoms with Gasteiger partial charge in [-0.2, -0.15) is 17.0 Å². The van der Waals surface area contributed by atoms with Crippen LogP contribution in [0.2, 0.25) is 0 Å². The van der Waals surface area contributed by atoms with Crippen LogP contribution in [0.15, 0.2) is 54.1 Å². The molecule has 0 spiro atoms. The van der Waals surface area contributed by atoms with Gasteiger partial charge in [-0.1, -0.05) is 55.4 Å². The van der Waals surface area contributed by atoms with Crippen molar-refractivity contribution in [1.82, 2.24) is 19.9 Å². The molecule has 0 bridgehead atoms. The summed E-state index contributed by atoms with van der Waals surface area (Å²) in [6.45, 7) is 2.19. The minimum atomic E-state index is 0.517. The van der Waals surface area contributed by atoms with Crippen LogP contribution in [0.25, 0.3) is 22.6 Å². The molecule has 2 heterocycles. The van der Waals surface area contributed by atoms with Crippen molar-refractivity contribution in [2.75, 3.05) is 10.8 Å². The highest BCUT2D eigenvalue weighted by molar-refractivity contribution is 8.15. The largest absolute Gasteiger partial charge is 0.244 e. The molecule has 5 nitrogen and oxygen atoms in total. The van der Waals surface area contributed by atoms with Gasteiger partial charge >= 0.3 is 0 Å². The lowest BCUT2D eigenvalue weighted by Crippen LogP contribution is -2.00. The summed E-state index contributed by atoms with van der Waals surface area (Å²) in [5.74, 6) is 1.65. The molecule has 0 aliphatic heterocycles. The van der Waals surface area contributed by atoms with E-state index in [1.165, 1.54) is 19.2 Å². The fraction of sp³-hybridized carbons (Fsp3) is 0.250. The van der Waals surface area contributed by atoms with Gasteiger partial charge in [-0.25, -0.2) is 19.9 Å². The molecule has 0 unspecified atom stereocenters. The van der Waals surface area contributed by atoms with Gasteiger partial charge in [-0.05, 0) is 12.2 Å². The lowest BCUT2D eigenvalue weighted by molar-refractivity contribution is 0.897. The number of nitrogens with zero attached hydrogens (tertiary/aromatic N) is 5. The molecule has 0 radical (unpaired) electrons. The number of hydrogen-bond acceptors (Lipinski definition) is 7. The number of nitriles is 1. The van der Waals surface area contributed by atoms with Gasteiger partial charge in [0.2, 0.25) is 0 Å². The Bertz CT molecular complexity index is 911. The number of benzene rings is 1. The number of aromatic nitrogens is 4. The average molecular weight is 394 g/mol. The molecule has 0 N–H and O–H groups in total. The van der Waals surface area contributed by atoms with Crippen molar-refractivity contribution in [3.63, 3.8) is 0 Å². The predicted molar refractivity (Wildman–Crippen MR) is 111 cm³/mol. The summed E-state index contributed by atoms with van der Waals surface area (Å²) < 4.78 is 0. The third-order valence-corrected chi connectivity index (χ3v) is 6.06. The fourth-order valence-corrected chi connectivity index (χ4v) is 4.58. The highest BCUT2D eigenvalue weighted by Crippen LogP contribution is 2.32. The van der Waals surface area contributed by atoms with E-state index in [-0.39, 0.29) is 0 Å². The second kappa shape index (κ2) is 10.0. The molecule has 27 heavy (non-hydrogen) atoms. The summed E-state index contributed by atoms with van der Waals surface area (Å²) in [5, 5.41) is 11.3. The van der Waals surface area contributed by atoms with Crippen molar-refractivity contribution in [2.24, 2.45) is 0 Å². The van der Waals surface area contributed by atoms with E-state index in [4.69, 9.17) is 0 Å². The van der Waals surface area contributed by atoms with E-state index >= 15 is 0 Å². The molecule has 0 amide bonds. The van der Waals surface area contributed by atoms with Gasteiger partial charge in [-0.15, -0.1) is 0 Å². The molecule has 2 aromatic heterocycles. The van der Waals surface area contributed by atoms with Gasteiger partial charge in [0.1, 0.15) is 23.0 Å². The maximum Gasteiger partial charge on any atom is 0.164 e. The standard InChI is InChI=1S/C20H19N5S2/c1-2-3-9-26-14-27-20-17(10-21)18(15-7-5-4-6-8-15)24-19(25-20)16-11-22-13-23-12-16/h4-8,11-13H,2-3,9,14H2,1H3. The van der Waals surface area contributed by atoms with E-state index in [9.17, 15) is 5.26 Å². The van der Waals surface area contributed by atoms with Crippen LogP contribution in [0.5, 0.6) is 0 Å². The first-order valence-corrected chi connectivity index (χ1v) is 10.8. The van der Waals surface area contributed by atoms with Crippen LogP contribution in [0, 0.1) is 11.3 Å². The molecule has 7 heteroatoms. The first kappa shape index (κ1) is 19.3. The molecular formula is C20H19N5S2. The van der Waals surface area contributed by atoms with Crippen molar-refractivity contribution >= 4 is 23.5 Å². The highest BCUT2D eigenvalue weighted by Gasteiger charge is 2.17. The zero-order valence-electron chi connectivity index (χ0n) is 15.0. The first-order valence-electron chi connectivity index (χ1n) is 8.67. The minimum absolute atomic E-state index is 0.517. The smallest absolute Gasteiger partial charge is 0.164 e. The molecule has 0 saturated heterocycles. The Morgan fingerprint density at radius 3 is 2.52 bits per heavy atom. The zero-order valence-corrected chi connectivity index (χ0v) is 16.6. The van der Waals surface area contributed by atoms with Crippen LogP contribution < -0.4 is 0 Å². The predicted octanol–water partition coefficient (Wildman–Crippen LogP) is 5.06. The van der Waals surface area contributed by atoms with Crippen molar-refractivity contribution in [3.8, 4) is 28.7 Å². The molecule has 3 aromatic rings. The second-order valence-corrected chi connectivity index (χ2v) is 8.14. The Hall–Kier alpha value is -2.43. The van der Waals surface area contributed by atoms with Crippen LogP contribution in [0.4, 0.5) is 0 Å². The lowest BCUT2D eigenvalue weighted by Gasteiger charge is -2.11. The van der Waals surface area contributed by atoms with Gasteiger partial charge in [-0.3, -0.25) is 0 Å². The summed E-state index contributed by atoms with van der Waals surface area (Å²) in [6, 6.07) is 12.1. The van der Waals surface area contributed by atoms with Crippen molar-refractivity contribution in [3.05, 3.63) is 54.6 Å². The van der Waals surface area contributed by atoms with Crippen LogP contribution in [0.3, 0.4) is 0 Å². The summed E-state index contributed by atoms with van der Waals surface area (Å²) in [6.07, 6.45) is 7.24.